The van der Waals surface area contributed by atoms with Crippen LogP contribution in [0.4, 0.5) is 0 Å². The average Bonchev–Trinajstić information content (AvgIpc) is 1.83. The van der Waals surface area contributed by atoms with E-state index in [-0.39, 0.29) is 0 Å². The van der Waals surface area contributed by atoms with Crippen LogP contribution in [0.15, 0.2) is 12.2 Å². The van der Waals surface area contributed by atoms with Gasteiger partial charge >= 0.3 is 0 Å². The Morgan fingerprint density at radius 3 is 1.67 bits per heavy atom. The minimum Gasteiger partial charge on any atom is -0.100 e. The molecule has 0 saturated heterocycles. The average molecular weight is 168 g/mol. The topological polar surface area (TPSA) is 0 Å². The van der Waals surface area contributed by atoms with E-state index in [2.05, 4.69) is 48.1 Å². The molecule has 0 aromatic carbocycles. The summed E-state index contributed by atoms with van der Waals surface area (Å²) in [6.45, 7) is 17.7. The molecular weight excluding hydrogens is 144 g/mol. The van der Waals surface area contributed by atoms with Gasteiger partial charge in [-0.25, -0.2) is 0 Å². The molecule has 0 fully saturated rings. The lowest BCUT2D eigenvalue weighted by atomic mass is 9.63. The molecule has 0 amide bonds. The van der Waals surface area contributed by atoms with Crippen LogP contribution < -0.4 is 0 Å². The lowest BCUT2D eigenvalue weighted by molar-refractivity contribution is 0.103. The molecule has 0 nitrogen and oxygen atoms in total. The summed E-state index contributed by atoms with van der Waals surface area (Å²) in [7, 11) is 0. The van der Waals surface area contributed by atoms with Crippen molar-refractivity contribution in [3.63, 3.8) is 0 Å². The van der Waals surface area contributed by atoms with Gasteiger partial charge in [-0.05, 0) is 30.6 Å². The van der Waals surface area contributed by atoms with Crippen LogP contribution in [0.1, 0.15) is 54.4 Å². The molecule has 0 heteroatoms. The van der Waals surface area contributed by atoms with Gasteiger partial charge in [-0.1, -0.05) is 40.2 Å². The quantitative estimate of drug-likeness (QED) is 0.547. The Morgan fingerprint density at radius 1 is 1.17 bits per heavy atom. The molecule has 1 atom stereocenters. The van der Waals surface area contributed by atoms with Gasteiger partial charge in [0.05, 0.1) is 0 Å². The summed E-state index contributed by atoms with van der Waals surface area (Å²) >= 11 is 0. The lowest BCUT2D eigenvalue weighted by Gasteiger charge is -2.42. The number of allylic oxidation sites excluding steroid dienone is 1. The third kappa shape index (κ3) is 2.66. The zero-order chi connectivity index (χ0) is 9.99. The fourth-order valence-electron chi connectivity index (χ4n) is 1.59. The normalized spacial score (nSPS) is 17.2. The summed E-state index contributed by atoms with van der Waals surface area (Å²) in [5, 5.41) is 0. The number of hydrogen-bond acceptors (Lipinski definition) is 0. The molecule has 0 aliphatic heterocycles. The van der Waals surface area contributed by atoms with E-state index in [1.165, 1.54) is 12.0 Å². The molecule has 0 radical (unpaired) electrons. The van der Waals surface area contributed by atoms with Crippen LogP contribution in [0, 0.1) is 10.8 Å². The largest absolute Gasteiger partial charge is 0.100 e. The van der Waals surface area contributed by atoms with E-state index in [1.54, 1.807) is 0 Å². The Kier molecular flexibility index (Phi) is 3.56. The van der Waals surface area contributed by atoms with Crippen molar-refractivity contribution in [3.05, 3.63) is 12.2 Å². The second-order valence-corrected chi connectivity index (χ2v) is 5.30. The van der Waals surface area contributed by atoms with Crippen molar-refractivity contribution in [2.45, 2.75) is 54.4 Å². The molecule has 0 aliphatic carbocycles. The van der Waals surface area contributed by atoms with Gasteiger partial charge in [0.15, 0.2) is 0 Å². The van der Waals surface area contributed by atoms with Gasteiger partial charge in [0.25, 0.3) is 0 Å². The molecule has 0 aromatic rings. The van der Waals surface area contributed by atoms with Crippen LogP contribution in [-0.4, -0.2) is 0 Å². The fraction of sp³-hybridized carbons (Fsp3) is 0.833. The summed E-state index contributed by atoms with van der Waals surface area (Å²) < 4.78 is 0. The van der Waals surface area contributed by atoms with Gasteiger partial charge in [-0.15, -0.1) is 6.58 Å². The first kappa shape index (κ1) is 11.7. The van der Waals surface area contributed by atoms with Crippen LogP contribution in [0.3, 0.4) is 0 Å². The van der Waals surface area contributed by atoms with E-state index in [0.717, 1.165) is 6.42 Å². The summed E-state index contributed by atoms with van der Waals surface area (Å²) in [6, 6.07) is 0. The second-order valence-electron chi connectivity index (χ2n) is 5.30. The predicted octanol–water partition coefficient (Wildman–Crippen LogP) is 4.42. The number of rotatable bonds is 3. The highest BCUT2D eigenvalue weighted by atomic mass is 14.4. The van der Waals surface area contributed by atoms with E-state index in [4.69, 9.17) is 0 Å². The molecule has 12 heavy (non-hydrogen) atoms. The summed E-state index contributed by atoms with van der Waals surface area (Å²) in [5.74, 6) is 0. The van der Waals surface area contributed by atoms with E-state index in [9.17, 15) is 0 Å². The van der Waals surface area contributed by atoms with Crippen molar-refractivity contribution in [1.29, 1.82) is 0 Å². The van der Waals surface area contributed by atoms with Crippen molar-refractivity contribution >= 4 is 0 Å². The molecule has 1 unspecified atom stereocenters. The Labute approximate surface area is 78.1 Å². The van der Waals surface area contributed by atoms with E-state index in [0.29, 0.717) is 10.8 Å². The summed E-state index contributed by atoms with van der Waals surface area (Å²) in [5.41, 5.74) is 2.08. The molecule has 0 bridgehead atoms. The maximum absolute atomic E-state index is 4.00. The smallest absolute Gasteiger partial charge is 0.0243 e. The zero-order valence-corrected chi connectivity index (χ0v) is 9.62. The van der Waals surface area contributed by atoms with Gasteiger partial charge in [-0.3, -0.25) is 0 Å². The Hall–Kier alpha value is -0.260. The van der Waals surface area contributed by atoms with Crippen LogP contribution >= 0.6 is 0 Å². The minimum absolute atomic E-state index is 0.376. The lowest BCUT2D eigenvalue weighted by Crippen LogP contribution is -2.32. The van der Waals surface area contributed by atoms with Gasteiger partial charge in [0.1, 0.15) is 0 Å². The van der Waals surface area contributed by atoms with E-state index >= 15 is 0 Å². The number of hydrogen-bond donors (Lipinski definition) is 0. The Bertz CT molecular complexity index is 159. The molecule has 0 N–H and O–H groups in total. The van der Waals surface area contributed by atoms with Gasteiger partial charge in [-0.2, -0.15) is 0 Å². The monoisotopic (exact) mass is 168 g/mol. The highest BCUT2D eigenvalue weighted by molar-refractivity contribution is 4.99. The first-order valence-corrected chi connectivity index (χ1v) is 4.87. The molecule has 0 aliphatic rings. The van der Waals surface area contributed by atoms with Gasteiger partial charge < -0.3 is 0 Å². The highest BCUT2D eigenvalue weighted by Gasteiger charge is 2.35. The van der Waals surface area contributed by atoms with Crippen LogP contribution in [0.25, 0.3) is 0 Å². The van der Waals surface area contributed by atoms with Crippen molar-refractivity contribution < 1.29 is 0 Å². The van der Waals surface area contributed by atoms with Crippen molar-refractivity contribution in [2.75, 3.05) is 0 Å². The van der Waals surface area contributed by atoms with E-state index < -0.39 is 0 Å². The van der Waals surface area contributed by atoms with Crippen molar-refractivity contribution in [2.24, 2.45) is 10.8 Å². The van der Waals surface area contributed by atoms with E-state index in [1.807, 2.05) is 0 Å². The summed E-state index contributed by atoms with van der Waals surface area (Å²) in [6.07, 6.45) is 2.37. The first-order chi connectivity index (χ1) is 5.23. The predicted molar refractivity (Wildman–Crippen MR) is 57.3 cm³/mol. The van der Waals surface area contributed by atoms with Gasteiger partial charge in [0.2, 0.25) is 0 Å². The van der Waals surface area contributed by atoms with Crippen LogP contribution in [0.2, 0.25) is 0 Å². The summed E-state index contributed by atoms with van der Waals surface area (Å²) in [4.78, 5) is 0. The zero-order valence-electron chi connectivity index (χ0n) is 9.62. The third-order valence-electron chi connectivity index (χ3n) is 3.28. The molecule has 0 aromatic heterocycles. The second kappa shape index (κ2) is 3.64. The SMILES string of the molecule is C=C(C)CC(C)(CC)C(C)(C)C. The standard InChI is InChI=1S/C12H24/c1-8-12(7,9-10(2)3)11(4,5)6/h2,8-9H2,1,3-7H3. The Morgan fingerprint density at radius 2 is 1.58 bits per heavy atom. The molecule has 0 heterocycles. The molecule has 0 rings (SSSR count). The highest BCUT2D eigenvalue weighted by Crippen LogP contribution is 2.45. The van der Waals surface area contributed by atoms with Crippen molar-refractivity contribution in [3.8, 4) is 0 Å². The maximum atomic E-state index is 4.00. The molecule has 0 saturated carbocycles. The fourth-order valence-corrected chi connectivity index (χ4v) is 1.59. The first-order valence-electron chi connectivity index (χ1n) is 4.87. The molecule has 0 spiro atoms. The van der Waals surface area contributed by atoms with Crippen molar-refractivity contribution in [1.82, 2.24) is 0 Å². The Balaban J connectivity index is 4.56. The van der Waals surface area contributed by atoms with Gasteiger partial charge in [0, 0.05) is 0 Å². The minimum atomic E-state index is 0.376. The molecule has 72 valence electrons. The third-order valence-corrected chi connectivity index (χ3v) is 3.28. The molecular formula is C12H24. The maximum Gasteiger partial charge on any atom is -0.0243 e. The van der Waals surface area contributed by atoms with Crippen LogP contribution in [-0.2, 0) is 0 Å². The van der Waals surface area contributed by atoms with Crippen LogP contribution in [0.5, 0.6) is 0 Å².